The van der Waals surface area contributed by atoms with Gasteiger partial charge < -0.3 is 10.5 Å². The Bertz CT molecular complexity index is 183. The van der Waals surface area contributed by atoms with Gasteiger partial charge in [-0.05, 0) is 18.4 Å². The average molecular weight is 186 g/mol. The number of carbonyl (C=O) groups excluding carboxylic acids is 1. The molecule has 0 bridgehead atoms. The molecule has 13 heavy (non-hydrogen) atoms. The van der Waals surface area contributed by atoms with Gasteiger partial charge in [0.15, 0.2) is 0 Å². The molecule has 0 aromatic carbocycles. The normalized spacial score (nSPS) is 8.92. The Hall–Kier alpha value is -1.42. The first kappa shape index (κ1) is 11.6. The van der Waals surface area contributed by atoms with Gasteiger partial charge in [-0.2, -0.15) is 0 Å². The number of carbonyl (C=O) groups is 1. The van der Waals surface area contributed by atoms with Crippen molar-refractivity contribution in [2.45, 2.75) is 25.7 Å². The van der Waals surface area contributed by atoms with E-state index in [9.17, 15) is 4.79 Å². The fourth-order valence-electron chi connectivity index (χ4n) is 0.856. The van der Waals surface area contributed by atoms with Gasteiger partial charge in [0.05, 0.1) is 6.61 Å². The maximum atomic E-state index is 10.1. The summed E-state index contributed by atoms with van der Waals surface area (Å²) in [6, 6.07) is 0. The van der Waals surface area contributed by atoms with Gasteiger partial charge in [-0.3, -0.25) is 0 Å². The second-order valence-electron chi connectivity index (χ2n) is 2.54. The standard InChI is InChI=1S/C7H14N4O2/c8-7(12)13-6-4-2-1-3-5-10-11-9/h1-6H2,(H2,8,12). The van der Waals surface area contributed by atoms with Crippen LogP contribution in [0.15, 0.2) is 5.11 Å². The molecule has 1 amide bonds. The minimum atomic E-state index is -0.728. The number of nitrogens with two attached hydrogens (primary N) is 1. The van der Waals surface area contributed by atoms with E-state index < -0.39 is 6.09 Å². The van der Waals surface area contributed by atoms with E-state index in [4.69, 9.17) is 11.3 Å². The van der Waals surface area contributed by atoms with Crippen LogP contribution in [0.2, 0.25) is 0 Å². The number of rotatable bonds is 7. The van der Waals surface area contributed by atoms with E-state index in [1.807, 2.05) is 0 Å². The molecule has 0 saturated carbocycles. The van der Waals surface area contributed by atoms with Crippen molar-refractivity contribution in [1.29, 1.82) is 0 Å². The molecule has 0 radical (unpaired) electrons. The summed E-state index contributed by atoms with van der Waals surface area (Å²) in [6.45, 7) is 0.907. The minimum Gasteiger partial charge on any atom is -0.450 e. The zero-order valence-electron chi connectivity index (χ0n) is 7.48. The van der Waals surface area contributed by atoms with Crippen LogP contribution in [-0.2, 0) is 4.74 Å². The van der Waals surface area contributed by atoms with Crippen LogP contribution < -0.4 is 5.73 Å². The molecule has 2 N–H and O–H groups in total. The lowest BCUT2D eigenvalue weighted by Gasteiger charge is -2.00. The maximum Gasteiger partial charge on any atom is 0.404 e. The molecule has 0 atom stereocenters. The molecule has 0 aliphatic carbocycles. The van der Waals surface area contributed by atoms with Crippen molar-refractivity contribution in [3.63, 3.8) is 0 Å². The van der Waals surface area contributed by atoms with E-state index in [0.717, 1.165) is 25.7 Å². The van der Waals surface area contributed by atoms with E-state index >= 15 is 0 Å². The van der Waals surface area contributed by atoms with Gasteiger partial charge >= 0.3 is 6.09 Å². The molecule has 0 aliphatic rings. The number of unbranched alkanes of at least 4 members (excludes halogenated alkanes) is 3. The quantitative estimate of drug-likeness (QED) is 0.284. The van der Waals surface area contributed by atoms with E-state index in [2.05, 4.69) is 14.8 Å². The minimum absolute atomic E-state index is 0.372. The highest BCUT2D eigenvalue weighted by atomic mass is 16.5. The first-order valence-corrected chi connectivity index (χ1v) is 4.20. The molecule has 6 nitrogen and oxygen atoms in total. The summed E-state index contributed by atoms with van der Waals surface area (Å²) in [6.07, 6.45) is 2.88. The number of ether oxygens (including phenoxy) is 1. The predicted molar refractivity (Wildman–Crippen MR) is 48.0 cm³/mol. The highest BCUT2D eigenvalue weighted by Gasteiger charge is 1.93. The number of hydrogen-bond donors (Lipinski definition) is 1. The highest BCUT2D eigenvalue weighted by Crippen LogP contribution is 2.00. The number of amides is 1. The van der Waals surface area contributed by atoms with Gasteiger partial charge in [-0.1, -0.05) is 18.0 Å². The third kappa shape index (κ3) is 10.6. The second-order valence-corrected chi connectivity index (χ2v) is 2.54. The number of hydrogen-bond acceptors (Lipinski definition) is 3. The fourth-order valence-corrected chi connectivity index (χ4v) is 0.856. The second kappa shape index (κ2) is 8.67. The number of primary amides is 1. The van der Waals surface area contributed by atoms with Crippen molar-refractivity contribution in [3.8, 4) is 0 Å². The molecule has 0 aliphatic heterocycles. The Balaban J connectivity index is 2.99. The lowest BCUT2D eigenvalue weighted by molar-refractivity contribution is 0.154. The average Bonchev–Trinajstić information content (AvgIpc) is 2.09. The van der Waals surface area contributed by atoms with Crippen LogP contribution in [0.25, 0.3) is 10.4 Å². The van der Waals surface area contributed by atoms with Crippen molar-refractivity contribution in [3.05, 3.63) is 10.4 Å². The maximum absolute atomic E-state index is 10.1. The molecule has 0 unspecified atom stereocenters. The molecule has 74 valence electrons. The fraction of sp³-hybridized carbons (Fsp3) is 0.857. The summed E-state index contributed by atoms with van der Waals surface area (Å²) in [7, 11) is 0. The summed E-state index contributed by atoms with van der Waals surface area (Å²) in [5.41, 5.74) is 12.7. The Morgan fingerprint density at radius 3 is 2.69 bits per heavy atom. The molecule has 0 saturated heterocycles. The molecule has 0 aromatic rings. The molecule has 0 rings (SSSR count). The van der Waals surface area contributed by atoms with Crippen LogP contribution in [-0.4, -0.2) is 19.2 Å². The topological polar surface area (TPSA) is 101 Å². The van der Waals surface area contributed by atoms with Crippen LogP contribution in [0.1, 0.15) is 25.7 Å². The van der Waals surface area contributed by atoms with Crippen molar-refractivity contribution < 1.29 is 9.53 Å². The van der Waals surface area contributed by atoms with Crippen LogP contribution in [0.4, 0.5) is 4.79 Å². The Labute approximate surface area is 76.7 Å². The molecule has 0 spiro atoms. The van der Waals surface area contributed by atoms with Gasteiger partial charge in [0, 0.05) is 11.5 Å². The van der Waals surface area contributed by atoms with Gasteiger partial charge in [-0.15, -0.1) is 0 Å². The van der Waals surface area contributed by atoms with Crippen LogP contribution >= 0.6 is 0 Å². The third-order valence-corrected chi connectivity index (χ3v) is 1.46. The summed E-state index contributed by atoms with van der Waals surface area (Å²) in [5.74, 6) is 0. The molecule has 6 heteroatoms. The van der Waals surface area contributed by atoms with E-state index in [1.165, 1.54) is 0 Å². The number of azide groups is 1. The van der Waals surface area contributed by atoms with E-state index in [-0.39, 0.29) is 0 Å². The smallest absolute Gasteiger partial charge is 0.404 e. The van der Waals surface area contributed by atoms with Crippen molar-refractivity contribution in [2.24, 2.45) is 10.8 Å². The molecular weight excluding hydrogens is 172 g/mol. The third-order valence-electron chi connectivity index (χ3n) is 1.46. The van der Waals surface area contributed by atoms with Crippen LogP contribution in [0.5, 0.6) is 0 Å². The summed E-state index contributed by atoms with van der Waals surface area (Å²) >= 11 is 0. The monoisotopic (exact) mass is 186 g/mol. The largest absolute Gasteiger partial charge is 0.450 e. The molecule has 0 heterocycles. The number of nitrogens with zero attached hydrogens (tertiary/aromatic N) is 3. The van der Waals surface area contributed by atoms with Crippen molar-refractivity contribution in [2.75, 3.05) is 13.2 Å². The Morgan fingerprint density at radius 2 is 2.08 bits per heavy atom. The Morgan fingerprint density at radius 1 is 1.38 bits per heavy atom. The van der Waals surface area contributed by atoms with Crippen molar-refractivity contribution >= 4 is 6.09 Å². The van der Waals surface area contributed by atoms with Gasteiger partial charge in [0.1, 0.15) is 0 Å². The van der Waals surface area contributed by atoms with Crippen LogP contribution in [0.3, 0.4) is 0 Å². The van der Waals surface area contributed by atoms with Crippen molar-refractivity contribution in [1.82, 2.24) is 0 Å². The Kier molecular flexibility index (Phi) is 7.73. The van der Waals surface area contributed by atoms with Gasteiger partial charge in [0.25, 0.3) is 0 Å². The highest BCUT2D eigenvalue weighted by molar-refractivity contribution is 5.64. The zero-order valence-corrected chi connectivity index (χ0v) is 7.48. The summed E-state index contributed by atoms with van der Waals surface area (Å²) < 4.78 is 4.53. The summed E-state index contributed by atoms with van der Waals surface area (Å²) in [5, 5.41) is 3.39. The lowest BCUT2D eigenvalue weighted by atomic mass is 10.2. The summed E-state index contributed by atoms with van der Waals surface area (Å²) in [4.78, 5) is 12.8. The lowest BCUT2D eigenvalue weighted by Crippen LogP contribution is -2.13. The van der Waals surface area contributed by atoms with E-state index in [0.29, 0.717) is 13.2 Å². The molecule has 0 aromatic heterocycles. The first-order valence-electron chi connectivity index (χ1n) is 4.20. The van der Waals surface area contributed by atoms with Crippen LogP contribution in [0, 0.1) is 0 Å². The first-order chi connectivity index (χ1) is 6.27. The SMILES string of the molecule is [N-]=[N+]=NCCCCCCOC(N)=O. The predicted octanol–water partition coefficient (Wildman–Crippen LogP) is 1.95. The van der Waals surface area contributed by atoms with E-state index in [1.54, 1.807) is 0 Å². The zero-order chi connectivity index (χ0) is 9.94. The van der Waals surface area contributed by atoms with Gasteiger partial charge in [0.2, 0.25) is 0 Å². The molecule has 0 fully saturated rings. The molecular formula is C7H14N4O2. The van der Waals surface area contributed by atoms with Gasteiger partial charge in [-0.25, -0.2) is 4.79 Å².